The Hall–Kier alpha value is -1.09. The van der Waals surface area contributed by atoms with Crippen molar-refractivity contribution in [2.75, 3.05) is 30.8 Å². The fourth-order valence-electron chi connectivity index (χ4n) is 3.10. The van der Waals surface area contributed by atoms with Gasteiger partial charge >= 0.3 is 0 Å². The number of piperidine rings is 1. The van der Waals surface area contributed by atoms with E-state index < -0.39 is 14.9 Å². The normalized spacial score (nSPS) is 16.6. The summed E-state index contributed by atoms with van der Waals surface area (Å²) in [7, 11) is -3.24. The van der Waals surface area contributed by atoms with Crippen LogP contribution in [0.25, 0.3) is 0 Å². The minimum atomic E-state index is -3.24. The van der Waals surface area contributed by atoms with Crippen LogP contribution in [0, 0.1) is 10.1 Å². The molecule has 0 spiro atoms. The van der Waals surface area contributed by atoms with Crippen LogP contribution in [0.1, 0.15) is 19.8 Å². The van der Waals surface area contributed by atoms with E-state index in [0.717, 1.165) is 0 Å². The molecule has 1 aliphatic rings. The minimum absolute atomic E-state index is 0.0585. The molecule has 0 saturated carbocycles. The fourth-order valence-corrected chi connectivity index (χ4v) is 5.04. The van der Waals surface area contributed by atoms with Crippen molar-refractivity contribution in [3.8, 4) is 0 Å². The first-order valence-corrected chi connectivity index (χ1v) is 10.1. The number of benzene rings is 1. The summed E-state index contributed by atoms with van der Waals surface area (Å²) in [5, 5.41) is 11.3. The van der Waals surface area contributed by atoms with Crippen LogP contribution in [0.5, 0.6) is 0 Å². The predicted octanol–water partition coefficient (Wildman–Crippen LogP) is 3.15. The second-order valence-corrected chi connectivity index (χ2v) is 8.45. The number of hydrogen-bond donors (Lipinski definition) is 0. The smallest absolute Gasteiger partial charge is 0.272 e. The van der Waals surface area contributed by atoms with E-state index >= 15 is 0 Å². The monoisotopic (exact) mass is 395 g/mol. The third kappa shape index (κ3) is 4.11. The van der Waals surface area contributed by atoms with Crippen LogP contribution < -0.4 is 4.90 Å². The summed E-state index contributed by atoms with van der Waals surface area (Å²) in [5.41, 5.74) is 0.405. The Kier molecular flexibility index (Phi) is 5.95. The third-order valence-corrected chi connectivity index (χ3v) is 6.12. The highest BCUT2D eigenvalue weighted by atomic mass is 35.5. The van der Waals surface area contributed by atoms with Crippen molar-refractivity contribution in [3.63, 3.8) is 0 Å². The van der Waals surface area contributed by atoms with E-state index in [-0.39, 0.29) is 21.8 Å². The number of anilines is 1. The highest BCUT2D eigenvalue weighted by Crippen LogP contribution is 2.39. The molecule has 2 rings (SSSR count). The van der Waals surface area contributed by atoms with Gasteiger partial charge in [-0.05, 0) is 12.8 Å². The van der Waals surface area contributed by atoms with E-state index in [4.69, 9.17) is 23.2 Å². The van der Waals surface area contributed by atoms with Crippen LogP contribution in [0.2, 0.25) is 10.0 Å². The zero-order chi connectivity index (χ0) is 18.1. The zero-order valence-electron chi connectivity index (χ0n) is 13.4. The van der Waals surface area contributed by atoms with Gasteiger partial charge in [-0.3, -0.25) is 10.1 Å². The number of non-ortho nitro benzene ring substituents is 1. The molecule has 0 aliphatic carbocycles. The molecular weight excluding hydrogens is 377 g/mol. The Morgan fingerprint density at radius 3 is 2.17 bits per heavy atom. The first kappa shape index (κ1) is 19.2. The lowest BCUT2D eigenvalue weighted by atomic mass is 10.0. The average molecular weight is 396 g/mol. The summed E-state index contributed by atoms with van der Waals surface area (Å²) in [6.45, 7) is 3.40. The largest absolute Gasteiger partial charge is 0.369 e. The van der Waals surface area contributed by atoms with Gasteiger partial charge in [-0.15, -0.1) is 0 Å². The first-order chi connectivity index (χ1) is 11.1. The maximum absolute atomic E-state index is 11.8. The van der Waals surface area contributed by atoms with Crippen LogP contribution in [0.15, 0.2) is 12.1 Å². The fraction of sp³-hybridized carbons (Fsp3) is 0.571. The van der Waals surface area contributed by atoms with Crippen LogP contribution >= 0.6 is 23.2 Å². The average Bonchev–Trinajstić information content (AvgIpc) is 2.47. The van der Waals surface area contributed by atoms with Gasteiger partial charge in [0.1, 0.15) is 0 Å². The highest BCUT2D eigenvalue weighted by Gasteiger charge is 2.30. The van der Waals surface area contributed by atoms with Crippen molar-refractivity contribution in [1.29, 1.82) is 0 Å². The molecule has 0 amide bonds. The highest BCUT2D eigenvalue weighted by molar-refractivity contribution is 7.88. The molecule has 0 radical (unpaired) electrons. The van der Waals surface area contributed by atoms with Crippen LogP contribution in [0.4, 0.5) is 11.4 Å². The maximum atomic E-state index is 11.8. The van der Waals surface area contributed by atoms with Gasteiger partial charge in [0.15, 0.2) is 0 Å². The number of hydrogen-bond acceptors (Lipinski definition) is 5. The molecule has 134 valence electrons. The first-order valence-electron chi connectivity index (χ1n) is 7.50. The molecule has 1 saturated heterocycles. The molecule has 10 heteroatoms. The molecule has 24 heavy (non-hydrogen) atoms. The van der Waals surface area contributed by atoms with Gasteiger partial charge in [-0.2, -0.15) is 4.31 Å². The number of nitrogens with zero attached hydrogens (tertiary/aromatic N) is 3. The van der Waals surface area contributed by atoms with E-state index in [1.165, 1.54) is 22.7 Å². The summed E-state index contributed by atoms with van der Waals surface area (Å²) < 4.78 is 25.2. The Morgan fingerprint density at radius 2 is 1.79 bits per heavy atom. The Bertz CT molecular complexity index is 711. The van der Waals surface area contributed by atoms with Crippen LogP contribution in [-0.4, -0.2) is 49.6 Å². The van der Waals surface area contributed by atoms with Crippen molar-refractivity contribution in [2.45, 2.75) is 25.8 Å². The van der Waals surface area contributed by atoms with Crippen molar-refractivity contribution in [2.24, 2.45) is 0 Å². The van der Waals surface area contributed by atoms with E-state index in [0.29, 0.717) is 38.2 Å². The number of nitro benzene ring substituents is 1. The summed E-state index contributed by atoms with van der Waals surface area (Å²) in [4.78, 5) is 12.3. The molecule has 1 heterocycles. The molecule has 1 aromatic carbocycles. The molecule has 0 N–H and O–H groups in total. The molecular formula is C14H19Cl2N3O4S. The Balaban J connectivity index is 2.17. The van der Waals surface area contributed by atoms with Gasteiger partial charge in [0.25, 0.3) is 5.69 Å². The lowest BCUT2D eigenvalue weighted by Crippen LogP contribution is -2.47. The topological polar surface area (TPSA) is 83.8 Å². The SMILES string of the molecule is CCN(C1CCN(c2c(Cl)cc([N+](=O)[O-])cc2Cl)CC1)S(C)(=O)=O. The van der Waals surface area contributed by atoms with E-state index in [1.807, 2.05) is 11.8 Å². The van der Waals surface area contributed by atoms with Gasteiger partial charge in [-0.25, -0.2) is 8.42 Å². The van der Waals surface area contributed by atoms with Crippen LogP contribution in [-0.2, 0) is 10.0 Å². The summed E-state index contributed by atoms with van der Waals surface area (Å²) in [6.07, 6.45) is 2.50. The quantitative estimate of drug-likeness (QED) is 0.564. The van der Waals surface area contributed by atoms with Crippen molar-refractivity contribution >= 4 is 44.6 Å². The van der Waals surface area contributed by atoms with Crippen molar-refractivity contribution < 1.29 is 13.3 Å². The number of halogens is 2. The van der Waals surface area contributed by atoms with Gasteiger partial charge in [0, 0.05) is 37.8 Å². The zero-order valence-corrected chi connectivity index (χ0v) is 15.7. The Morgan fingerprint density at radius 1 is 1.29 bits per heavy atom. The van der Waals surface area contributed by atoms with E-state index in [9.17, 15) is 18.5 Å². The predicted molar refractivity (Wildman–Crippen MR) is 95.6 cm³/mol. The Labute approximate surface area is 151 Å². The molecule has 1 fully saturated rings. The second kappa shape index (κ2) is 7.43. The molecule has 1 aromatic rings. The molecule has 0 unspecified atom stereocenters. The number of rotatable bonds is 5. The number of nitro groups is 1. The summed E-state index contributed by atoms with van der Waals surface area (Å²) in [6, 6.07) is 2.50. The molecule has 0 aromatic heterocycles. The van der Waals surface area contributed by atoms with Gasteiger partial charge in [0.2, 0.25) is 10.0 Å². The van der Waals surface area contributed by atoms with Gasteiger partial charge < -0.3 is 4.90 Å². The summed E-state index contributed by atoms with van der Waals surface area (Å²) in [5.74, 6) is 0. The lowest BCUT2D eigenvalue weighted by Gasteiger charge is -2.38. The van der Waals surface area contributed by atoms with Gasteiger partial charge in [0.05, 0.1) is 26.9 Å². The molecule has 7 nitrogen and oxygen atoms in total. The van der Waals surface area contributed by atoms with E-state index in [2.05, 4.69) is 0 Å². The van der Waals surface area contributed by atoms with Crippen LogP contribution in [0.3, 0.4) is 0 Å². The van der Waals surface area contributed by atoms with Crippen molar-refractivity contribution in [3.05, 3.63) is 32.3 Å². The molecule has 1 aliphatic heterocycles. The van der Waals surface area contributed by atoms with Crippen molar-refractivity contribution in [1.82, 2.24) is 4.31 Å². The lowest BCUT2D eigenvalue weighted by molar-refractivity contribution is -0.384. The molecule has 0 bridgehead atoms. The summed E-state index contributed by atoms with van der Waals surface area (Å²) >= 11 is 12.3. The molecule has 0 atom stereocenters. The maximum Gasteiger partial charge on any atom is 0.272 e. The van der Waals surface area contributed by atoms with E-state index in [1.54, 1.807) is 0 Å². The standard InChI is InChI=1S/C14H19Cl2N3O4S/c1-3-18(24(2,22)23)10-4-6-17(7-5-10)14-12(15)8-11(19(20)21)9-13(14)16/h8-10H,3-7H2,1-2H3. The van der Waals surface area contributed by atoms with Gasteiger partial charge in [-0.1, -0.05) is 30.1 Å². The number of sulfonamides is 1. The third-order valence-electron chi connectivity index (χ3n) is 4.14. The second-order valence-electron chi connectivity index (χ2n) is 5.70. The minimum Gasteiger partial charge on any atom is -0.369 e.